The van der Waals surface area contributed by atoms with Gasteiger partial charge in [0.2, 0.25) is 0 Å². The summed E-state index contributed by atoms with van der Waals surface area (Å²) < 4.78 is 11.3. The standard InChI is InChI=1S/C13H12BrNO4S/c1-18-10-4-7(3-9(14)12(10)19-2)13-15-8(6-20-13)5-11(16)17/h3-4,6H,5H2,1-2H3,(H,16,17). The Morgan fingerprint density at radius 2 is 2.15 bits per heavy atom. The molecule has 0 fully saturated rings. The van der Waals surface area contributed by atoms with Gasteiger partial charge in [-0.3, -0.25) is 4.79 Å². The fourth-order valence-electron chi connectivity index (χ4n) is 1.72. The number of thiazole rings is 1. The van der Waals surface area contributed by atoms with Gasteiger partial charge in [0.25, 0.3) is 0 Å². The normalized spacial score (nSPS) is 10.3. The molecule has 1 aromatic carbocycles. The minimum Gasteiger partial charge on any atom is -0.493 e. The molecule has 5 nitrogen and oxygen atoms in total. The Labute approximate surface area is 128 Å². The van der Waals surface area contributed by atoms with Gasteiger partial charge in [-0.05, 0) is 28.1 Å². The lowest BCUT2D eigenvalue weighted by molar-refractivity contribution is -0.136. The highest BCUT2D eigenvalue weighted by molar-refractivity contribution is 9.10. The SMILES string of the molecule is COc1cc(-c2nc(CC(=O)O)cs2)cc(Br)c1OC. The maximum atomic E-state index is 10.7. The number of carboxylic acid groups (broad SMARTS) is 1. The van der Waals surface area contributed by atoms with Crippen LogP contribution < -0.4 is 9.47 Å². The van der Waals surface area contributed by atoms with Crippen LogP contribution in [0.5, 0.6) is 11.5 Å². The van der Waals surface area contributed by atoms with Crippen LogP contribution in [0.15, 0.2) is 22.0 Å². The molecule has 2 rings (SSSR count). The number of rotatable bonds is 5. The molecule has 0 aliphatic carbocycles. The van der Waals surface area contributed by atoms with E-state index >= 15 is 0 Å². The van der Waals surface area contributed by atoms with Crippen LogP contribution in [-0.2, 0) is 11.2 Å². The topological polar surface area (TPSA) is 68.7 Å². The molecule has 1 heterocycles. The lowest BCUT2D eigenvalue weighted by atomic mass is 10.2. The molecule has 0 unspecified atom stereocenters. The first-order valence-electron chi connectivity index (χ1n) is 5.63. The second-order valence-electron chi connectivity index (χ2n) is 3.91. The summed E-state index contributed by atoms with van der Waals surface area (Å²) in [6.07, 6.45) is -0.0784. The van der Waals surface area contributed by atoms with Crippen LogP contribution in [0.25, 0.3) is 10.6 Å². The minimum atomic E-state index is -0.893. The first kappa shape index (κ1) is 14.8. The van der Waals surface area contributed by atoms with Crippen molar-refractivity contribution in [2.45, 2.75) is 6.42 Å². The zero-order chi connectivity index (χ0) is 14.7. The fourth-order valence-corrected chi connectivity index (χ4v) is 3.13. The van der Waals surface area contributed by atoms with Crippen molar-refractivity contribution in [2.24, 2.45) is 0 Å². The number of nitrogens with zero attached hydrogens (tertiary/aromatic N) is 1. The number of hydrogen-bond acceptors (Lipinski definition) is 5. The summed E-state index contributed by atoms with van der Waals surface area (Å²) in [7, 11) is 3.13. The molecule has 0 radical (unpaired) electrons. The van der Waals surface area contributed by atoms with E-state index in [4.69, 9.17) is 14.6 Å². The van der Waals surface area contributed by atoms with Crippen LogP contribution >= 0.6 is 27.3 Å². The van der Waals surface area contributed by atoms with Crippen LogP contribution in [0.1, 0.15) is 5.69 Å². The second-order valence-corrected chi connectivity index (χ2v) is 5.62. The Balaban J connectivity index is 2.40. The largest absolute Gasteiger partial charge is 0.493 e. The number of benzene rings is 1. The van der Waals surface area contributed by atoms with E-state index in [1.807, 2.05) is 12.1 Å². The number of carbonyl (C=O) groups is 1. The molecule has 0 aliphatic heterocycles. The van der Waals surface area contributed by atoms with Gasteiger partial charge in [-0.25, -0.2) is 4.98 Å². The molecule has 20 heavy (non-hydrogen) atoms. The molecule has 1 N–H and O–H groups in total. The average Bonchev–Trinajstić information content (AvgIpc) is 2.85. The van der Waals surface area contributed by atoms with Crippen molar-refractivity contribution in [2.75, 3.05) is 14.2 Å². The molecule has 0 saturated heterocycles. The van der Waals surface area contributed by atoms with Gasteiger partial charge in [0, 0.05) is 10.9 Å². The van der Waals surface area contributed by atoms with Gasteiger partial charge in [0.1, 0.15) is 5.01 Å². The van der Waals surface area contributed by atoms with E-state index < -0.39 is 5.97 Å². The van der Waals surface area contributed by atoms with Crippen molar-refractivity contribution in [3.63, 3.8) is 0 Å². The predicted molar refractivity (Wildman–Crippen MR) is 79.7 cm³/mol. The Hall–Kier alpha value is -1.60. The second kappa shape index (κ2) is 6.23. The van der Waals surface area contributed by atoms with E-state index in [0.717, 1.165) is 15.0 Å². The van der Waals surface area contributed by atoms with E-state index in [-0.39, 0.29) is 6.42 Å². The van der Waals surface area contributed by atoms with Gasteiger partial charge in [0.15, 0.2) is 11.5 Å². The van der Waals surface area contributed by atoms with Crippen LogP contribution in [0, 0.1) is 0 Å². The molecule has 0 bridgehead atoms. The summed E-state index contributed by atoms with van der Waals surface area (Å²) in [6.45, 7) is 0. The molecule has 2 aromatic rings. The Bertz CT molecular complexity index is 641. The molecule has 0 spiro atoms. The third kappa shape index (κ3) is 3.10. The zero-order valence-corrected chi connectivity index (χ0v) is 13.2. The van der Waals surface area contributed by atoms with E-state index in [1.165, 1.54) is 11.3 Å². The molecule has 0 saturated carbocycles. The summed E-state index contributed by atoms with van der Waals surface area (Å²) in [4.78, 5) is 15.0. The molecule has 1 aromatic heterocycles. The van der Waals surface area contributed by atoms with Gasteiger partial charge >= 0.3 is 5.97 Å². The van der Waals surface area contributed by atoms with Crippen LogP contribution in [0.4, 0.5) is 0 Å². The lowest BCUT2D eigenvalue weighted by Gasteiger charge is -2.10. The first-order chi connectivity index (χ1) is 9.55. The summed E-state index contributed by atoms with van der Waals surface area (Å²) in [5.41, 5.74) is 1.39. The van der Waals surface area contributed by atoms with Crippen molar-refractivity contribution in [3.8, 4) is 22.1 Å². The number of methoxy groups -OCH3 is 2. The molecule has 106 valence electrons. The lowest BCUT2D eigenvalue weighted by Crippen LogP contribution is -1.99. The van der Waals surface area contributed by atoms with E-state index in [1.54, 1.807) is 19.6 Å². The van der Waals surface area contributed by atoms with Crippen LogP contribution in [0.2, 0.25) is 0 Å². The third-order valence-corrected chi connectivity index (χ3v) is 4.09. The maximum absolute atomic E-state index is 10.7. The Kier molecular flexibility index (Phi) is 4.61. The molecule has 0 atom stereocenters. The van der Waals surface area contributed by atoms with Crippen molar-refractivity contribution in [1.29, 1.82) is 0 Å². The molecule has 0 amide bonds. The van der Waals surface area contributed by atoms with E-state index in [2.05, 4.69) is 20.9 Å². The molecule has 7 heteroatoms. The van der Waals surface area contributed by atoms with Crippen LogP contribution in [0.3, 0.4) is 0 Å². The maximum Gasteiger partial charge on any atom is 0.309 e. The van der Waals surface area contributed by atoms with Gasteiger partial charge in [-0.15, -0.1) is 11.3 Å². The number of halogens is 1. The van der Waals surface area contributed by atoms with Gasteiger partial charge in [-0.1, -0.05) is 0 Å². The highest BCUT2D eigenvalue weighted by Crippen LogP contribution is 2.40. The number of hydrogen-bond donors (Lipinski definition) is 1. The number of ether oxygens (including phenoxy) is 2. The number of carboxylic acids is 1. The predicted octanol–water partition coefficient (Wildman–Crippen LogP) is 3.22. The van der Waals surface area contributed by atoms with Crippen molar-refractivity contribution >= 4 is 33.2 Å². The van der Waals surface area contributed by atoms with Crippen molar-refractivity contribution in [1.82, 2.24) is 4.98 Å². The average molecular weight is 358 g/mol. The molecular formula is C13H12BrNO4S. The first-order valence-corrected chi connectivity index (χ1v) is 7.30. The fraction of sp³-hybridized carbons (Fsp3) is 0.231. The van der Waals surface area contributed by atoms with Gasteiger partial charge in [0.05, 0.1) is 30.8 Å². The highest BCUT2D eigenvalue weighted by Gasteiger charge is 2.14. The van der Waals surface area contributed by atoms with Crippen molar-refractivity contribution < 1.29 is 19.4 Å². The third-order valence-electron chi connectivity index (χ3n) is 2.56. The molecule has 0 aliphatic rings. The summed E-state index contributed by atoms with van der Waals surface area (Å²) in [5.74, 6) is 0.306. The summed E-state index contributed by atoms with van der Waals surface area (Å²) >= 11 is 4.82. The molecular weight excluding hydrogens is 346 g/mol. The minimum absolute atomic E-state index is 0.0784. The van der Waals surface area contributed by atoms with Gasteiger partial charge < -0.3 is 14.6 Å². The highest BCUT2D eigenvalue weighted by atomic mass is 79.9. The Morgan fingerprint density at radius 3 is 2.75 bits per heavy atom. The van der Waals surface area contributed by atoms with E-state index in [0.29, 0.717) is 17.2 Å². The summed E-state index contributed by atoms with van der Waals surface area (Å²) in [5, 5.41) is 11.2. The monoisotopic (exact) mass is 357 g/mol. The summed E-state index contributed by atoms with van der Waals surface area (Å²) in [6, 6.07) is 3.68. The Morgan fingerprint density at radius 1 is 1.40 bits per heavy atom. The van der Waals surface area contributed by atoms with E-state index in [9.17, 15) is 4.79 Å². The zero-order valence-electron chi connectivity index (χ0n) is 10.8. The number of aliphatic carboxylic acids is 1. The number of aromatic nitrogens is 1. The quantitative estimate of drug-likeness (QED) is 0.889. The van der Waals surface area contributed by atoms with Gasteiger partial charge in [-0.2, -0.15) is 0 Å². The van der Waals surface area contributed by atoms with Crippen molar-refractivity contribution in [3.05, 3.63) is 27.7 Å². The smallest absolute Gasteiger partial charge is 0.309 e. The van der Waals surface area contributed by atoms with Crippen LogP contribution in [-0.4, -0.2) is 30.3 Å².